The van der Waals surface area contributed by atoms with Gasteiger partial charge in [-0.05, 0) is 48.5 Å². The number of nitrogens with zero attached hydrogens (tertiary/aromatic N) is 2. The monoisotopic (exact) mass is 597 g/mol. The number of thiophene rings is 1. The van der Waals surface area contributed by atoms with Crippen LogP contribution in [0.3, 0.4) is 0 Å². The van der Waals surface area contributed by atoms with Crippen molar-refractivity contribution in [2.45, 2.75) is 11.8 Å². The minimum absolute atomic E-state index is 0.0409. The molecule has 0 fully saturated rings. The number of halogens is 3. The molecule has 0 aliphatic rings. The number of pyridine rings is 1. The molecule has 0 atom stereocenters. The lowest BCUT2D eigenvalue weighted by molar-refractivity contribution is -0.115. The van der Waals surface area contributed by atoms with Crippen LogP contribution >= 0.6 is 11.3 Å². The molecule has 41 heavy (non-hydrogen) atoms. The van der Waals surface area contributed by atoms with Gasteiger partial charge in [-0.15, -0.1) is 11.3 Å². The van der Waals surface area contributed by atoms with Gasteiger partial charge in [-0.3, -0.25) is 14.3 Å². The number of aromatic nitrogens is 2. The maximum Gasteiger partial charge on any atom is 0.262 e. The number of anilines is 1. The van der Waals surface area contributed by atoms with Crippen molar-refractivity contribution >= 4 is 55.6 Å². The molecule has 0 aliphatic carbocycles. The fraction of sp³-hybridized carbons (Fsp3) is 0.0370. The number of amidine groups is 1. The summed E-state index contributed by atoms with van der Waals surface area (Å²) >= 11 is 1.22. The topological polar surface area (TPSA) is 147 Å². The number of nitrogens with two attached hydrogens (primary N) is 1. The predicted molar refractivity (Wildman–Crippen MR) is 148 cm³/mol. The average Bonchev–Trinajstić information content (AvgIpc) is 3.57. The van der Waals surface area contributed by atoms with Crippen LogP contribution in [0.1, 0.15) is 27.7 Å². The number of hydrogen-bond donors (Lipinski definition) is 3. The van der Waals surface area contributed by atoms with E-state index in [-0.39, 0.29) is 22.4 Å². The van der Waals surface area contributed by atoms with Gasteiger partial charge in [0.15, 0.2) is 5.82 Å². The zero-order valence-corrected chi connectivity index (χ0v) is 22.5. The molecule has 5 aromatic rings. The van der Waals surface area contributed by atoms with E-state index in [1.165, 1.54) is 30.7 Å². The van der Waals surface area contributed by atoms with Crippen LogP contribution in [0.4, 0.5) is 18.9 Å². The molecule has 208 valence electrons. The first kappa shape index (κ1) is 27.7. The first-order chi connectivity index (χ1) is 19.4. The molecule has 0 aliphatic heterocycles. The third-order valence-corrected chi connectivity index (χ3v) is 8.39. The van der Waals surface area contributed by atoms with Crippen LogP contribution in [0.15, 0.2) is 76.9 Å². The maximum atomic E-state index is 15.5. The van der Waals surface area contributed by atoms with Gasteiger partial charge in [0.25, 0.3) is 10.0 Å². The van der Waals surface area contributed by atoms with E-state index in [0.717, 1.165) is 36.4 Å². The summed E-state index contributed by atoms with van der Waals surface area (Å²) in [7, 11) is -4.46. The minimum atomic E-state index is -4.46. The third kappa shape index (κ3) is 5.47. The molecular weight excluding hydrogens is 579 g/mol. The van der Waals surface area contributed by atoms with Gasteiger partial charge in [0, 0.05) is 40.7 Å². The lowest BCUT2D eigenvalue weighted by Crippen LogP contribution is -2.16. The van der Waals surface area contributed by atoms with Gasteiger partial charge in [0.2, 0.25) is 11.7 Å². The lowest BCUT2D eigenvalue weighted by atomic mass is 10.0. The highest BCUT2D eigenvalue weighted by atomic mass is 32.2. The number of carbonyl (C=O) groups excluding carboxylic acids is 2. The molecule has 9 nitrogen and oxygen atoms in total. The van der Waals surface area contributed by atoms with E-state index in [0.29, 0.717) is 15.3 Å². The Labute approximate surface area is 234 Å². The molecule has 1 amide bonds. The number of sulfonamides is 1. The van der Waals surface area contributed by atoms with Crippen LogP contribution in [-0.4, -0.2) is 35.9 Å². The number of H-pyrrole nitrogens is 1. The van der Waals surface area contributed by atoms with Crippen molar-refractivity contribution < 1.29 is 31.2 Å². The highest BCUT2D eigenvalue weighted by Crippen LogP contribution is 2.32. The first-order valence-electron chi connectivity index (χ1n) is 11.7. The second-order valence-corrected chi connectivity index (χ2v) is 11.4. The average molecular weight is 598 g/mol. The van der Waals surface area contributed by atoms with Crippen LogP contribution in [0.2, 0.25) is 0 Å². The Bertz CT molecular complexity index is 2000. The summed E-state index contributed by atoms with van der Waals surface area (Å²) in [5.74, 6) is -4.98. The second kappa shape index (κ2) is 10.6. The van der Waals surface area contributed by atoms with Gasteiger partial charge in [0.05, 0.1) is 21.0 Å². The molecule has 3 heterocycles. The van der Waals surface area contributed by atoms with E-state index < -0.39 is 55.3 Å². The molecule has 3 aromatic heterocycles. The first-order valence-corrected chi connectivity index (χ1v) is 14.0. The van der Waals surface area contributed by atoms with Crippen LogP contribution < -0.4 is 10.5 Å². The second-order valence-electron chi connectivity index (χ2n) is 8.68. The van der Waals surface area contributed by atoms with E-state index in [1.54, 1.807) is 18.2 Å². The highest BCUT2D eigenvalue weighted by Gasteiger charge is 2.27. The number of nitrogens with one attached hydrogen (secondary N) is 2. The Kier molecular flexibility index (Phi) is 7.19. The third-order valence-electron chi connectivity index (χ3n) is 5.87. The molecule has 0 saturated heterocycles. The number of benzene rings is 2. The van der Waals surface area contributed by atoms with Gasteiger partial charge in [-0.25, -0.2) is 26.6 Å². The fourth-order valence-corrected chi connectivity index (χ4v) is 5.97. The molecular formula is C27H18F3N5O4S2. The molecule has 14 heteroatoms. The normalized spacial score (nSPS) is 12.0. The summed E-state index contributed by atoms with van der Waals surface area (Å²) < 4.78 is 71.2. The summed E-state index contributed by atoms with van der Waals surface area (Å²) in [6.45, 7) is 1.27. The van der Waals surface area contributed by atoms with E-state index in [9.17, 15) is 26.8 Å². The van der Waals surface area contributed by atoms with Crippen LogP contribution in [-0.2, 0) is 14.8 Å². The Hall–Kier alpha value is -4.82. The summed E-state index contributed by atoms with van der Waals surface area (Å²) in [6, 6.07) is 10.6. The fourth-order valence-electron chi connectivity index (χ4n) is 3.99. The molecule has 0 bridgehead atoms. The summed E-state index contributed by atoms with van der Waals surface area (Å²) in [6.07, 6.45) is 2.76. The van der Waals surface area contributed by atoms with E-state index >= 15 is 4.39 Å². The molecule has 0 saturated carbocycles. The van der Waals surface area contributed by atoms with Crippen LogP contribution in [0.25, 0.3) is 21.5 Å². The Balaban J connectivity index is 1.52. The quantitative estimate of drug-likeness (QED) is 0.137. The number of amides is 1. The molecule has 0 spiro atoms. The number of ketones is 1. The molecule has 2 aromatic carbocycles. The van der Waals surface area contributed by atoms with Gasteiger partial charge in [0.1, 0.15) is 23.1 Å². The summed E-state index contributed by atoms with van der Waals surface area (Å²) in [5.41, 5.74) is 4.85. The van der Waals surface area contributed by atoms with Crippen molar-refractivity contribution in [2.75, 3.05) is 4.72 Å². The predicted octanol–water partition coefficient (Wildman–Crippen LogP) is 4.99. The number of rotatable bonds is 7. The minimum Gasteiger partial charge on any atom is -0.382 e. The highest BCUT2D eigenvalue weighted by molar-refractivity contribution is 7.92. The number of carbonyl (C=O) groups is 2. The van der Waals surface area contributed by atoms with Crippen molar-refractivity contribution in [3.63, 3.8) is 0 Å². The smallest absolute Gasteiger partial charge is 0.262 e. The number of aliphatic imine (C=N–C) groups is 1. The summed E-state index contributed by atoms with van der Waals surface area (Å²) in [5, 5.41) is 0.248. The maximum absolute atomic E-state index is 15.5. The molecule has 0 radical (unpaired) electrons. The lowest BCUT2D eigenvalue weighted by Gasteiger charge is -2.12. The van der Waals surface area contributed by atoms with Crippen molar-refractivity contribution in [3.05, 3.63) is 100 Å². The van der Waals surface area contributed by atoms with Crippen LogP contribution in [0.5, 0.6) is 0 Å². The Morgan fingerprint density at radius 1 is 1.07 bits per heavy atom. The van der Waals surface area contributed by atoms with Gasteiger partial charge >= 0.3 is 0 Å². The van der Waals surface area contributed by atoms with Gasteiger partial charge < -0.3 is 10.7 Å². The molecule has 5 rings (SSSR count). The number of aromatic amines is 1. The molecule has 0 unspecified atom stereocenters. The largest absolute Gasteiger partial charge is 0.382 e. The summed E-state index contributed by atoms with van der Waals surface area (Å²) in [4.78, 5) is 36.1. The van der Waals surface area contributed by atoms with Crippen molar-refractivity contribution in [2.24, 2.45) is 10.7 Å². The van der Waals surface area contributed by atoms with Crippen LogP contribution in [0, 0.1) is 17.5 Å². The number of hydrogen-bond acceptors (Lipinski definition) is 6. The SMILES string of the molecule is CC(=O)N=C(N)c1ccc(-c2cnc3[nH]cc(C(=O)c4c(F)ccc(NS(=O)(=O)c5cccc(F)c5)c4F)c3c2)s1. The Morgan fingerprint density at radius 3 is 2.59 bits per heavy atom. The van der Waals surface area contributed by atoms with E-state index in [1.807, 2.05) is 4.72 Å². The van der Waals surface area contributed by atoms with Crippen molar-refractivity contribution in [1.29, 1.82) is 0 Å². The zero-order valence-electron chi connectivity index (χ0n) is 20.9. The number of fused-ring (bicyclic) bond motifs is 1. The van der Waals surface area contributed by atoms with Crippen molar-refractivity contribution in [1.82, 2.24) is 9.97 Å². The zero-order chi connectivity index (χ0) is 29.5. The standard InChI is InChI=1S/C27H18F3N5O4S2/c1-13(36)34-26(31)22-8-7-21(40-22)14-9-17-18(12-33-27(17)32-11-14)25(37)23-19(29)5-6-20(24(23)30)35-41(38,39)16-4-2-3-15(28)10-16/h2-12,35H,1H3,(H,32,33)(H2,31,34,36). The Morgan fingerprint density at radius 2 is 1.85 bits per heavy atom. The van der Waals surface area contributed by atoms with Gasteiger partial charge in [-0.2, -0.15) is 4.99 Å². The van der Waals surface area contributed by atoms with Gasteiger partial charge in [-0.1, -0.05) is 6.07 Å². The van der Waals surface area contributed by atoms with E-state index in [4.69, 9.17) is 5.73 Å². The molecule has 4 N–H and O–H groups in total. The van der Waals surface area contributed by atoms with E-state index in [2.05, 4.69) is 15.0 Å². The van der Waals surface area contributed by atoms with Crippen molar-refractivity contribution in [3.8, 4) is 10.4 Å².